The molecule has 1 aliphatic rings. The van der Waals surface area contributed by atoms with Gasteiger partial charge in [0.05, 0.1) is 17.1 Å². The Kier molecular flexibility index (Phi) is 5.46. The third-order valence-electron chi connectivity index (χ3n) is 4.28. The number of rotatable bonds is 6. The predicted octanol–water partition coefficient (Wildman–Crippen LogP) is 5.05. The van der Waals surface area contributed by atoms with Crippen LogP contribution in [0.3, 0.4) is 0 Å². The van der Waals surface area contributed by atoms with E-state index in [1.54, 1.807) is 34.9 Å². The van der Waals surface area contributed by atoms with Crippen LogP contribution in [0.4, 0.5) is 5.69 Å². The Bertz CT molecular complexity index is 785. The van der Waals surface area contributed by atoms with Gasteiger partial charge in [0.1, 0.15) is 5.84 Å². The van der Waals surface area contributed by atoms with E-state index in [1.807, 2.05) is 23.0 Å². The van der Waals surface area contributed by atoms with Crippen molar-refractivity contribution in [2.75, 3.05) is 11.6 Å². The van der Waals surface area contributed by atoms with Gasteiger partial charge in [-0.05, 0) is 23.8 Å². The van der Waals surface area contributed by atoms with E-state index in [9.17, 15) is 0 Å². The van der Waals surface area contributed by atoms with Crippen molar-refractivity contribution >= 4 is 46.4 Å². The topological polar surface area (TPSA) is 74.8 Å². The zero-order chi connectivity index (χ0) is 18.0. The highest BCUT2D eigenvalue weighted by atomic mass is 32.2. The Morgan fingerprint density at radius 3 is 2.76 bits per heavy atom. The number of nitrogens with one attached hydrogen (secondary N) is 2. The first kappa shape index (κ1) is 18.4. The number of nitrogens with two attached hydrogens (primary N) is 1. The number of aromatic nitrogens is 1. The summed E-state index contributed by atoms with van der Waals surface area (Å²) in [5, 5.41) is 14.1. The fourth-order valence-electron chi connectivity index (χ4n) is 3.00. The summed E-state index contributed by atoms with van der Waals surface area (Å²) in [5.41, 5.74) is 11.2. The summed E-state index contributed by atoms with van der Waals surface area (Å²) in [5.74, 6) is 0.420. The van der Waals surface area contributed by atoms with E-state index in [2.05, 4.69) is 48.6 Å². The maximum Gasteiger partial charge on any atom is 0.158 e. The third-order valence-corrected chi connectivity index (χ3v) is 7.41. The molecule has 3 rings (SSSR count). The Morgan fingerprint density at radius 2 is 2.16 bits per heavy atom. The summed E-state index contributed by atoms with van der Waals surface area (Å²) in [6.07, 6.45) is 4.23. The largest absolute Gasteiger partial charge is 0.385 e. The second-order valence-corrected chi connectivity index (χ2v) is 9.31. The predicted molar refractivity (Wildman–Crippen MR) is 113 cm³/mol. The van der Waals surface area contributed by atoms with Gasteiger partial charge in [0, 0.05) is 15.3 Å². The molecule has 4 N–H and O–H groups in total. The molecule has 2 unspecified atom stereocenters. The minimum Gasteiger partial charge on any atom is -0.385 e. The number of amidine groups is 1. The SMILES string of the molecule is CSC1=CC(c2cscn2)C(Nc2ccccc2C(C)C)(C(=N)N)S1. The lowest BCUT2D eigenvalue weighted by Gasteiger charge is -2.35. The highest BCUT2D eigenvalue weighted by Gasteiger charge is 2.49. The maximum absolute atomic E-state index is 8.39. The molecule has 0 amide bonds. The van der Waals surface area contributed by atoms with E-state index in [1.165, 1.54) is 5.56 Å². The molecular weight excluding hydrogens is 368 g/mol. The van der Waals surface area contributed by atoms with Gasteiger partial charge in [-0.2, -0.15) is 0 Å². The van der Waals surface area contributed by atoms with Crippen molar-refractivity contribution in [1.82, 2.24) is 4.98 Å². The molecule has 0 bridgehead atoms. The van der Waals surface area contributed by atoms with Gasteiger partial charge < -0.3 is 11.1 Å². The molecule has 132 valence electrons. The standard InChI is InChI=1S/C18H22N4S3/c1-11(2)12-6-4-5-7-14(12)22-18(17(19)20)13(8-16(23-3)25-18)15-9-24-10-21-15/h4-11,13,22H,1-3H3,(H3,19,20). The molecule has 1 aromatic carbocycles. The van der Waals surface area contributed by atoms with E-state index in [4.69, 9.17) is 11.1 Å². The fourth-order valence-corrected chi connectivity index (χ4v) is 5.69. The van der Waals surface area contributed by atoms with Crippen molar-refractivity contribution in [3.05, 3.63) is 56.7 Å². The highest BCUT2D eigenvalue weighted by Crippen LogP contribution is 2.54. The number of thioether (sulfide) groups is 2. The lowest BCUT2D eigenvalue weighted by molar-refractivity contribution is 0.725. The lowest BCUT2D eigenvalue weighted by atomic mass is 9.93. The van der Waals surface area contributed by atoms with Crippen molar-refractivity contribution in [2.45, 2.75) is 30.6 Å². The van der Waals surface area contributed by atoms with E-state index >= 15 is 0 Å². The average molecular weight is 391 g/mol. The second kappa shape index (κ2) is 7.43. The van der Waals surface area contributed by atoms with Crippen LogP contribution in [0.5, 0.6) is 0 Å². The van der Waals surface area contributed by atoms with Gasteiger partial charge in [-0.15, -0.1) is 23.1 Å². The molecular formula is C18H22N4S3. The van der Waals surface area contributed by atoms with Crippen LogP contribution in [-0.4, -0.2) is 21.9 Å². The van der Waals surface area contributed by atoms with Gasteiger partial charge in [0.25, 0.3) is 0 Å². The lowest BCUT2D eigenvalue weighted by Crippen LogP contribution is -2.50. The molecule has 2 heterocycles. The van der Waals surface area contributed by atoms with Gasteiger partial charge in [-0.25, -0.2) is 4.98 Å². The van der Waals surface area contributed by atoms with Gasteiger partial charge in [-0.3, -0.25) is 5.41 Å². The van der Waals surface area contributed by atoms with Gasteiger partial charge >= 0.3 is 0 Å². The van der Waals surface area contributed by atoms with Gasteiger partial charge in [-0.1, -0.05) is 49.9 Å². The van der Waals surface area contributed by atoms with E-state index in [0.29, 0.717) is 5.92 Å². The summed E-state index contributed by atoms with van der Waals surface area (Å²) >= 11 is 4.86. The number of hydrogen-bond donors (Lipinski definition) is 3. The summed E-state index contributed by atoms with van der Waals surface area (Å²) in [4.78, 5) is 3.75. The smallest absolute Gasteiger partial charge is 0.158 e. The van der Waals surface area contributed by atoms with E-state index in [0.717, 1.165) is 15.6 Å². The fraction of sp³-hybridized carbons (Fsp3) is 0.333. The minimum atomic E-state index is -0.753. The molecule has 0 fully saturated rings. The molecule has 4 nitrogen and oxygen atoms in total. The zero-order valence-corrected chi connectivity index (χ0v) is 16.9. The number of benzene rings is 1. The summed E-state index contributed by atoms with van der Waals surface area (Å²) < 4.78 is 1.16. The van der Waals surface area contributed by atoms with Crippen LogP contribution in [-0.2, 0) is 0 Å². The molecule has 2 aromatic rings. The van der Waals surface area contributed by atoms with Crippen LogP contribution in [0.15, 0.2) is 45.5 Å². The first-order valence-electron chi connectivity index (χ1n) is 8.02. The monoisotopic (exact) mass is 390 g/mol. The quantitative estimate of drug-likeness (QED) is 0.475. The Morgan fingerprint density at radius 1 is 1.40 bits per heavy atom. The third kappa shape index (κ3) is 3.45. The first-order chi connectivity index (χ1) is 12.0. The number of para-hydroxylation sites is 1. The molecule has 25 heavy (non-hydrogen) atoms. The molecule has 0 saturated heterocycles. The Hall–Kier alpha value is -1.44. The highest BCUT2D eigenvalue weighted by molar-refractivity contribution is 8.23. The van der Waals surface area contributed by atoms with E-state index < -0.39 is 4.87 Å². The zero-order valence-electron chi connectivity index (χ0n) is 14.4. The summed E-state index contributed by atoms with van der Waals surface area (Å²) in [6.45, 7) is 4.35. The van der Waals surface area contributed by atoms with E-state index in [-0.39, 0.29) is 11.8 Å². The van der Waals surface area contributed by atoms with Crippen LogP contribution in [0, 0.1) is 5.41 Å². The molecule has 0 radical (unpaired) electrons. The van der Waals surface area contributed by atoms with Crippen LogP contribution < -0.4 is 11.1 Å². The first-order valence-corrected chi connectivity index (χ1v) is 11.0. The summed E-state index contributed by atoms with van der Waals surface area (Å²) in [7, 11) is 0. The van der Waals surface area contributed by atoms with Crippen LogP contribution in [0.25, 0.3) is 0 Å². The van der Waals surface area contributed by atoms with Gasteiger partial charge in [0.15, 0.2) is 4.87 Å². The molecule has 1 aliphatic heterocycles. The van der Waals surface area contributed by atoms with Crippen molar-refractivity contribution in [1.29, 1.82) is 5.41 Å². The van der Waals surface area contributed by atoms with Crippen LogP contribution in [0.1, 0.15) is 36.9 Å². The summed E-state index contributed by atoms with van der Waals surface area (Å²) in [6, 6.07) is 8.26. The molecule has 2 atom stereocenters. The van der Waals surface area contributed by atoms with Gasteiger partial charge in [0.2, 0.25) is 0 Å². The molecule has 0 saturated carbocycles. The van der Waals surface area contributed by atoms with Crippen molar-refractivity contribution in [3.8, 4) is 0 Å². The Labute approximate surface area is 161 Å². The maximum atomic E-state index is 8.39. The second-order valence-electron chi connectivity index (χ2n) is 6.20. The van der Waals surface area contributed by atoms with Crippen LogP contribution in [0.2, 0.25) is 0 Å². The number of thiazole rings is 1. The number of nitrogens with zero attached hydrogens (tertiary/aromatic N) is 1. The normalized spacial score (nSPS) is 22.9. The number of anilines is 1. The number of hydrogen-bond acceptors (Lipinski definition) is 6. The molecule has 0 aliphatic carbocycles. The van der Waals surface area contributed by atoms with Crippen molar-refractivity contribution < 1.29 is 0 Å². The van der Waals surface area contributed by atoms with Crippen molar-refractivity contribution in [3.63, 3.8) is 0 Å². The average Bonchev–Trinajstić information content (AvgIpc) is 3.23. The molecule has 1 aromatic heterocycles. The van der Waals surface area contributed by atoms with Crippen molar-refractivity contribution in [2.24, 2.45) is 5.73 Å². The molecule has 7 heteroatoms. The Balaban J connectivity index is 2.07. The minimum absolute atomic E-state index is 0.0797. The molecule has 0 spiro atoms. The van der Waals surface area contributed by atoms with Crippen LogP contribution >= 0.6 is 34.9 Å².